The molecule has 0 spiro atoms. The number of benzene rings is 1. The van der Waals surface area contributed by atoms with Crippen LogP contribution in [-0.4, -0.2) is 14.9 Å². The van der Waals surface area contributed by atoms with Gasteiger partial charge in [0, 0.05) is 0 Å². The van der Waals surface area contributed by atoms with Gasteiger partial charge < -0.3 is 5.32 Å². The first-order chi connectivity index (χ1) is 8.99. The molecule has 1 aromatic carbocycles. The Kier molecular flexibility index (Phi) is 3.82. The van der Waals surface area contributed by atoms with Gasteiger partial charge in [0.25, 0.3) is 0 Å². The third kappa shape index (κ3) is 2.91. The number of aryl methyl sites for hydroxylation is 1. The summed E-state index contributed by atoms with van der Waals surface area (Å²) in [6, 6.07) is 5.26. The van der Waals surface area contributed by atoms with Crippen LogP contribution in [0.2, 0.25) is 10.2 Å². The van der Waals surface area contributed by atoms with Gasteiger partial charge in [-0.2, -0.15) is 0 Å². The Bertz CT molecular complexity index is 649. The Morgan fingerprint density at radius 2 is 2.05 bits per heavy atom. The van der Waals surface area contributed by atoms with Gasteiger partial charge in [0.05, 0.1) is 15.6 Å². The van der Waals surface area contributed by atoms with Crippen molar-refractivity contribution in [3.05, 3.63) is 50.4 Å². The smallest absolute Gasteiger partial charge is 0.333 e. The summed E-state index contributed by atoms with van der Waals surface area (Å²) in [6.45, 7) is 1.89. The summed E-state index contributed by atoms with van der Waals surface area (Å²) < 4.78 is 0. The Balaban J connectivity index is 2.44. The maximum absolute atomic E-state index is 10.9. The Hall–Kier alpha value is -1.92. The highest BCUT2D eigenvalue weighted by Crippen LogP contribution is 2.33. The second kappa shape index (κ2) is 5.38. The number of nitro groups is 1. The van der Waals surface area contributed by atoms with Crippen molar-refractivity contribution in [1.29, 1.82) is 0 Å². The standard InChI is InChI=1S/C11H8Cl2N4O2/c1-6-2-3-8(7(12)4-6)16-11-9(17(18)19)10(13)14-5-15-11/h2-5H,1H3,(H,14,15,16). The topological polar surface area (TPSA) is 81.0 Å². The molecule has 0 aliphatic heterocycles. The van der Waals surface area contributed by atoms with E-state index in [1.807, 2.05) is 13.0 Å². The van der Waals surface area contributed by atoms with E-state index < -0.39 is 4.92 Å². The lowest BCUT2D eigenvalue weighted by molar-refractivity contribution is -0.384. The minimum Gasteiger partial charge on any atom is -0.333 e. The first-order valence-electron chi connectivity index (χ1n) is 5.17. The monoisotopic (exact) mass is 298 g/mol. The van der Waals surface area contributed by atoms with Crippen molar-refractivity contribution < 1.29 is 4.92 Å². The van der Waals surface area contributed by atoms with Crippen LogP contribution < -0.4 is 5.32 Å². The van der Waals surface area contributed by atoms with Crippen molar-refractivity contribution in [1.82, 2.24) is 9.97 Å². The molecule has 0 unspecified atom stereocenters. The number of halogens is 2. The minimum atomic E-state index is -0.646. The number of hydrogen-bond acceptors (Lipinski definition) is 5. The van der Waals surface area contributed by atoms with E-state index in [-0.39, 0.29) is 16.7 Å². The summed E-state index contributed by atoms with van der Waals surface area (Å²) in [6.07, 6.45) is 1.14. The molecule has 0 atom stereocenters. The van der Waals surface area contributed by atoms with Crippen LogP contribution in [-0.2, 0) is 0 Å². The predicted molar refractivity (Wildman–Crippen MR) is 73.2 cm³/mol. The van der Waals surface area contributed by atoms with Crippen LogP contribution in [0.25, 0.3) is 0 Å². The van der Waals surface area contributed by atoms with Gasteiger partial charge in [0.1, 0.15) is 6.33 Å². The summed E-state index contributed by atoms with van der Waals surface area (Å²) in [7, 11) is 0. The van der Waals surface area contributed by atoms with Gasteiger partial charge in [-0.15, -0.1) is 0 Å². The molecule has 2 rings (SSSR count). The lowest BCUT2D eigenvalue weighted by Gasteiger charge is -2.08. The summed E-state index contributed by atoms with van der Waals surface area (Å²) in [5.41, 5.74) is 1.09. The molecule has 0 radical (unpaired) electrons. The first kappa shape index (κ1) is 13.5. The second-order valence-corrected chi connectivity index (χ2v) is 4.49. The quantitative estimate of drug-likeness (QED) is 0.530. The number of anilines is 2. The molecular weight excluding hydrogens is 291 g/mol. The average molecular weight is 299 g/mol. The lowest BCUT2D eigenvalue weighted by atomic mass is 10.2. The molecule has 0 aliphatic rings. The lowest BCUT2D eigenvalue weighted by Crippen LogP contribution is -2.02. The molecule has 0 saturated heterocycles. The van der Waals surface area contributed by atoms with E-state index in [0.29, 0.717) is 10.7 Å². The van der Waals surface area contributed by atoms with Crippen LogP contribution in [0.3, 0.4) is 0 Å². The van der Waals surface area contributed by atoms with Gasteiger partial charge in [0.2, 0.25) is 11.0 Å². The zero-order chi connectivity index (χ0) is 14.0. The normalized spacial score (nSPS) is 10.3. The first-order valence-corrected chi connectivity index (χ1v) is 5.92. The van der Waals surface area contributed by atoms with Crippen molar-refractivity contribution in [2.45, 2.75) is 6.92 Å². The van der Waals surface area contributed by atoms with Gasteiger partial charge in [-0.05, 0) is 24.6 Å². The second-order valence-electron chi connectivity index (χ2n) is 3.73. The number of rotatable bonds is 3. The SMILES string of the molecule is Cc1ccc(Nc2ncnc(Cl)c2[N+](=O)[O-])c(Cl)c1. The highest BCUT2D eigenvalue weighted by molar-refractivity contribution is 6.33. The van der Waals surface area contributed by atoms with Crippen molar-refractivity contribution in [2.75, 3.05) is 5.32 Å². The number of nitrogens with zero attached hydrogens (tertiary/aromatic N) is 3. The van der Waals surface area contributed by atoms with E-state index in [0.717, 1.165) is 11.9 Å². The molecule has 98 valence electrons. The maximum atomic E-state index is 10.9. The summed E-state index contributed by atoms with van der Waals surface area (Å²) >= 11 is 11.7. The molecule has 19 heavy (non-hydrogen) atoms. The fourth-order valence-corrected chi connectivity index (χ4v) is 1.94. The number of nitrogens with one attached hydrogen (secondary N) is 1. The van der Waals surface area contributed by atoms with E-state index in [4.69, 9.17) is 23.2 Å². The van der Waals surface area contributed by atoms with E-state index in [2.05, 4.69) is 15.3 Å². The molecule has 1 N–H and O–H groups in total. The molecule has 0 bridgehead atoms. The van der Waals surface area contributed by atoms with E-state index in [1.54, 1.807) is 12.1 Å². The molecule has 6 nitrogen and oxygen atoms in total. The van der Waals surface area contributed by atoms with Crippen molar-refractivity contribution in [2.24, 2.45) is 0 Å². The van der Waals surface area contributed by atoms with E-state index >= 15 is 0 Å². The maximum Gasteiger partial charge on any atom is 0.348 e. The van der Waals surface area contributed by atoms with E-state index in [9.17, 15) is 10.1 Å². The average Bonchev–Trinajstić information content (AvgIpc) is 2.32. The molecule has 0 saturated carbocycles. The van der Waals surface area contributed by atoms with Crippen LogP contribution in [0.1, 0.15) is 5.56 Å². The van der Waals surface area contributed by atoms with Gasteiger partial charge in [-0.25, -0.2) is 9.97 Å². The van der Waals surface area contributed by atoms with Crippen molar-refractivity contribution >= 4 is 40.4 Å². The third-order valence-electron chi connectivity index (χ3n) is 2.34. The van der Waals surface area contributed by atoms with E-state index in [1.165, 1.54) is 0 Å². The van der Waals surface area contributed by atoms with Crippen LogP contribution >= 0.6 is 23.2 Å². The molecule has 0 aliphatic carbocycles. The highest BCUT2D eigenvalue weighted by atomic mass is 35.5. The highest BCUT2D eigenvalue weighted by Gasteiger charge is 2.22. The summed E-state index contributed by atoms with van der Waals surface area (Å²) in [5, 5.41) is 13.9. The number of hydrogen-bond donors (Lipinski definition) is 1. The third-order valence-corrected chi connectivity index (χ3v) is 2.93. The molecule has 1 heterocycles. The summed E-state index contributed by atoms with van der Waals surface area (Å²) in [4.78, 5) is 17.7. The van der Waals surface area contributed by atoms with Crippen LogP contribution in [0.5, 0.6) is 0 Å². The fourth-order valence-electron chi connectivity index (χ4n) is 1.46. The van der Waals surface area contributed by atoms with Crippen LogP contribution in [0, 0.1) is 17.0 Å². The van der Waals surface area contributed by atoms with Gasteiger partial charge in [-0.3, -0.25) is 10.1 Å². The Labute approximate surface area is 118 Å². The zero-order valence-electron chi connectivity index (χ0n) is 9.72. The predicted octanol–water partition coefficient (Wildman–Crippen LogP) is 3.74. The fraction of sp³-hybridized carbons (Fsp3) is 0.0909. The minimum absolute atomic E-state index is 0.00393. The van der Waals surface area contributed by atoms with Gasteiger partial charge >= 0.3 is 5.69 Å². The van der Waals surface area contributed by atoms with Crippen molar-refractivity contribution in [3.8, 4) is 0 Å². The summed E-state index contributed by atoms with van der Waals surface area (Å²) in [5.74, 6) is -0.00393. The molecule has 1 aromatic heterocycles. The largest absolute Gasteiger partial charge is 0.348 e. The molecule has 0 amide bonds. The molecule has 2 aromatic rings. The van der Waals surface area contributed by atoms with Gasteiger partial charge in [-0.1, -0.05) is 29.3 Å². The van der Waals surface area contributed by atoms with Crippen LogP contribution in [0.4, 0.5) is 17.2 Å². The zero-order valence-corrected chi connectivity index (χ0v) is 11.2. The molecular formula is C11H8Cl2N4O2. The van der Waals surface area contributed by atoms with Crippen molar-refractivity contribution in [3.63, 3.8) is 0 Å². The molecule has 8 heteroatoms. The molecule has 0 fully saturated rings. The Morgan fingerprint density at radius 1 is 1.32 bits per heavy atom. The Morgan fingerprint density at radius 3 is 2.68 bits per heavy atom. The number of aromatic nitrogens is 2. The van der Waals surface area contributed by atoms with Gasteiger partial charge in [0.15, 0.2) is 0 Å². The van der Waals surface area contributed by atoms with Crippen LogP contribution in [0.15, 0.2) is 24.5 Å².